The van der Waals surface area contributed by atoms with Crippen LogP contribution in [0.3, 0.4) is 0 Å². The van der Waals surface area contributed by atoms with Crippen LogP contribution in [0.4, 0.5) is 0 Å². The predicted octanol–water partition coefficient (Wildman–Crippen LogP) is 23.6. The van der Waals surface area contributed by atoms with Gasteiger partial charge in [-0.15, -0.1) is 0 Å². The van der Waals surface area contributed by atoms with Crippen molar-refractivity contribution in [3.05, 3.63) is 122 Å². The fraction of sp³-hybridized carbons (Fsp3) is 0.693. The third-order valence-electron chi connectivity index (χ3n) is 14.4. The van der Waals surface area contributed by atoms with E-state index in [1.165, 1.54) is 128 Å². The molecule has 0 aromatic heterocycles. The average Bonchev–Trinajstić information content (AvgIpc) is 3.46. The van der Waals surface area contributed by atoms with Gasteiger partial charge >= 0.3 is 17.9 Å². The zero-order valence-corrected chi connectivity index (χ0v) is 53.0. The molecule has 0 fully saturated rings. The van der Waals surface area contributed by atoms with Crippen molar-refractivity contribution in [3.8, 4) is 0 Å². The molecule has 0 aliphatic carbocycles. The predicted molar refractivity (Wildman–Crippen MR) is 353 cm³/mol. The van der Waals surface area contributed by atoms with Gasteiger partial charge in [-0.1, -0.05) is 309 Å². The van der Waals surface area contributed by atoms with E-state index in [4.69, 9.17) is 14.2 Å². The number of unbranched alkanes of at least 4 members (excludes halogenated alkanes) is 30. The summed E-state index contributed by atoms with van der Waals surface area (Å²) in [6, 6.07) is 0. The standard InChI is InChI=1S/C75H126O6/c1-4-7-10-13-16-19-22-25-27-29-30-31-32-33-34-35-36-37-38-39-40-41-42-43-44-46-47-50-53-56-59-62-65-68-74(77)80-71-72(70-79-73(76)67-64-61-58-55-52-49-24-21-18-15-12-9-6-3)81-75(78)69-66-63-60-57-54-51-48-45-28-26-23-20-17-14-11-8-5-2/h7,10,12,15-16,19,21,24-25,27,30-31,33-34,36-37,39-40,42-43,72H,4-6,8-9,11,13-14,17-18,20,22-23,26,28-29,32,35,38,41,44-71H2,1-3H3/b10-7-,15-12-,19-16-,24-21-,27-25-,31-30-,34-33-,37-36-,40-39-,43-42-. The first kappa shape index (κ1) is 76.8. The highest BCUT2D eigenvalue weighted by Gasteiger charge is 2.19. The lowest BCUT2D eigenvalue weighted by atomic mass is 10.0. The summed E-state index contributed by atoms with van der Waals surface area (Å²) >= 11 is 0. The molecule has 6 nitrogen and oxygen atoms in total. The van der Waals surface area contributed by atoms with Crippen LogP contribution in [-0.4, -0.2) is 37.2 Å². The Kier molecular flexibility index (Phi) is 64.8. The van der Waals surface area contributed by atoms with Gasteiger partial charge in [0.2, 0.25) is 0 Å². The molecule has 6 heteroatoms. The fourth-order valence-corrected chi connectivity index (χ4v) is 9.38. The van der Waals surface area contributed by atoms with Gasteiger partial charge in [0, 0.05) is 19.3 Å². The number of carbonyl (C=O) groups excluding carboxylic acids is 3. The number of hydrogen-bond donors (Lipinski definition) is 0. The summed E-state index contributed by atoms with van der Waals surface area (Å²) in [6.45, 7) is 6.47. The molecule has 1 atom stereocenters. The SMILES string of the molecule is CC/C=C\C/C=C\C/C=C\C/C=C\C/C=C\C/C=C\C/C=C\C/C=C\CCCCCCCCCCC(=O)OCC(COC(=O)CCCCCCC/C=C\C/C=C\CCC)OC(=O)CCCCCCCCCCCCCCCCCCC. The van der Waals surface area contributed by atoms with Crippen LogP contribution in [0.2, 0.25) is 0 Å². The first-order valence-electron chi connectivity index (χ1n) is 34.0. The average molecular weight is 1120 g/mol. The summed E-state index contributed by atoms with van der Waals surface area (Å²) in [7, 11) is 0. The molecule has 0 saturated heterocycles. The van der Waals surface area contributed by atoms with Crippen LogP contribution in [0.25, 0.3) is 0 Å². The molecule has 0 heterocycles. The summed E-state index contributed by atoms with van der Waals surface area (Å²) in [5.74, 6) is -0.897. The number of rotatable bonds is 61. The summed E-state index contributed by atoms with van der Waals surface area (Å²) in [4.78, 5) is 38.3. The first-order chi connectivity index (χ1) is 40.0. The van der Waals surface area contributed by atoms with Crippen LogP contribution >= 0.6 is 0 Å². The molecule has 0 saturated carbocycles. The third kappa shape index (κ3) is 66.5. The highest BCUT2D eigenvalue weighted by molar-refractivity contribution is 5.71. The number of ether oxygens (including phenoxy) is 3. The van der Waals surface area contributed by atoms with Crippen LogP contribution < -0.4 is 0 Å². The number of hydrogen-bond acceptors (Lipinski definition) is 6. The normalized spacial score (nSPS) is 12.9. The van der Waals surface area contributed by atoms with Gasteiger partial charge in [-0.3, -0.25) is 14.4 Å². The van der Waals surface area contributed by atoms with Gasteiger partial charge in [0.05, 0.1) is 0 Å². The monoisotopic (exact) mass is 1120 g/mol. The molecule has 0 rings (SSSR count). The Balaban J connectivity index is 4.28. The summed E-state index contributed by atoms with van der Waals surface area (Å²) in [5.41, 5.74) is 0. The molecule has 1 unspecified atom stereocenters. The summed E-state index contributed by atoms with van der Waals surface area (Å²) in [5, 5.41) is 0. The minimum Gasteiger partial charge on any atom is -0.462 e. The largest absolute Gasteiger partial charge is 0.462 e. The second-order valence-corrected chi connectivity index (χ2v) is 22.4. The minimum absolute atomic E-state index is 0.0860. The van der Waals surface area contributed by atoms with Crippen molar-refractivity contribution in [2.45, 2.75) is 322 Å². The lowest BCUT2D eigenvalue weighted by molar-refractivity contribution is -0.167. The van der Waals surface area contributed by atoms with Gasteiger partial charge in [0.1, 0.15) is 13.2 Å². The lowest BCUT2D eigenvalue weighted by Gasteiger charge is -2.18. The van der Waals surface area contributed by atoms with E-state index in [9.17, 15) is 14.4 Å². The second-order valence-electron chi connectivity index (χ2n) is 22.4. The zero-order chi connectivity index (χ0) is 58.5. The van der Waals surface area contributed by atoms with Crippen LogP contribution in [0.15, 0.2) is 122 Å². The van der Waals surface area contributed by atoms with Gasteiger partial charge in [0.25, 0.3) is 0 Å². The van der Waals surface area contributed by atoms with Crippen molar-refractivity contribution in [1.82, 2.24) is 0 Å². The van der Waals surface area contributed by atoms with E-state index in [0.29, 0.717) is 19.3 Å². The van der Waals surface area contributed by atoms with Crippen molar-refractivity contribution in [2.24, 2.45) is 0 Å². The third-order valence-corrected chi connectivity index (χ3v) is 14.4. The molecule has 0 radical (unpaired) electrons. The number of carbonyl (C=O) groups is 3. The zero-order valence-electron chi connectivity index (χ0n) is 53.0. The summed E-state index contributed by atoms with van der Waals surface area (Å²) < 4.78 is 16.9. The van der Waals surface area contributed by atoms with E-state index in [1.54, 1.807) is 0 Å². The van der Waals surface area contributed by atoms with Gasteiger partial charge in [-0.25, -0.2) is 0 Å². The molecule has 462 valence electrons. The molecular weight excluding hydrogens is 997 g/mol. The Morgan fingerprint density at radius 3 is 0.802 bits per heavy atom. The van der Waals surface area contributed by atoms with Crippen molar-refractivity contribution in [1.29, 1.82) is 0 Å². The Labute approximate surface area is 501 Å². The van der Waals surface area contributed by atoms with Crippen molar-refractivity contribution in [2.75, 3.05) is 13.2 Å². The van der Waals surface area contributed by atoms with Crippen LogP contribution in [0.1, 0.15) is 316 Å². The van der Waals surface area contributed by atoms with Gasteiger partial charge in [-0.05, 0) is 109 Å². The molecule has 0 N–H and O–H groups in total. The van der Waals surface area contributed by atoms with Crippen LogP contribution in [0.5, 0.6) is 0 Å². The smallest absolute Gasteiger partial charge is 0.306 e. The minimum atomic E-state index is -0.789. The molecular formula is C75H126O6. The number of esters is 3. The van der Waals surface area contributed by atoms with E-state index in [1.807, 2.05) is 0 Å². The molecule has 0 aliphatic rings. The molecule has 0 amide bonds. The maximum Gasteiger partial charge on any atom is 0.306 e. The quantitative estimate of drug-likeness (QED) is 0.0261. The first-order valence-corrected chi connectivity index (χ1v) is 34.0. The highest BCUT2D eigenvalue weighted by Crippen LogP contribution is 2.17. The molecule has 81 heavy (non-hydrogen) atoms. The maximum atomic E-state index is 12.9. The Morgan fingerprint density at radius 2 is 0.506 bits per heavy atom. The van der Waals surface area contributed by atoms with Crippen molar-refractivity contribution in [3.63, 3.8) is 0 Å². The maximum absolute atomic E-state index is 12.9. The van der Waals surface area contributed by atoms with Gasteiger partial charge in [-0.2, -0.15) is 0 Å². The Morgan fingerprint density at radius 1 is 0.259 bits per heavy atom. The Hall–Kier alpha value is -4.19. The highest BCUT2D eigenvalue weighted by atomic mass is 16.6. The summed E-state index contributed by atoms with van der Waals surface area (Å²) in [6.07, 6.45) is 95.0. The lowest BCUT2D eigenvalue weighted by Crippen LogP contribution is -2.30. The van der Waals surface area contributed by atoms with Crippen molar-refractivity contribution >= 4 is 17.9 Å². The molecule has 0 spiro atoms. The van der Waals surface area contributed by atoms with E-state index in [0.717, 1.165) is 148 Å². The van der Waals surface area contributed by atoms with Crippen LogP contribution in [0, 0.1) is 0 Å². The van der Waals surface area contributed by atoms with Gasteiger partial charge < -0.3 is 14.2 Å². The van der Waals surface area contributed by atoms with E-state index >= 15 is 0 Å². The fourth-order valence-electron chi connectivity index (χ4n) is 9.38. The molecule has 0 aliphatic heterocycles. The second kappa shape index (κ2) is 68.3. The van der Waals surface area contributed by atoms with Crippen molar-refractivity contribution < 1.29 is 28.6 Å². The Bertz CT molecular complexity index is 1670. The van der Waals surface area contributed by atoms with Crippen LogP contribution in [-0.2, 0) is 28.6 Å². The van der Waals surface area contributed by atoms with Gasteiger partial charge in [0.15, 0.2) is 6.10 Å². The molecule has 0 aromatic rings. The van der Waals surface area contributed by atoms with E-state index in [2.05, 4.69) is 142 Å². The topological polar surface area (TPSA) is 78.9 Å². The molecule has 0 bridgehead atoms. The molecule has 0 aromatic carbocycles. The van der Waals surface area contributed by atoms with E-state index in [-0.39, 0.29) is 31.1 Å². The van der Waals surface area contributed by atoms with E-state index < -0.39 is 6.10 Å². The number of allylic oxidation sites excluding steroid dienone is 20.